The molecule has 0 rings (SSSR count). The molecule has 0 heterocycles. The van der Waals surface area contributed by atoms with Crippen molar-refractivity contribution in [2.24, 2.45) is 0 Å². The predicted octanol–water partition coefficient (Wildman–Crippen LogP) is -0.799. The molecule has 7 nitrogen and oxygen atoms in total. The van der Waals surface area contributed by atoms with Crippen LogP contribution in [0.1, 0.15) is 12.8 Å². The van der Waals surface area contributed by atoms with Crippen LogP contribution >= 0.6 is 0 Å². The molecule has 0 aromatic heterocycles. The lowest BCUT2D eigenvalue weighted by Gasteiger charge is -2.20. The van der Waals surface area contributed by atoms with Crippen LogP contribution in [0.5, 0.6) is 0 Å². The van der Waals surface area contributed by atoms with Gasteiger partial charge in [-0.05, 0) is 6.42 Å². The highest BCUT2D eigenvalue weighted by Crippen LogP contribution is 1.98. The lowest BCUT2D eigenvalue weighted by Crippen LogP contribution is -2.39. The van der Waals surface area contributed by atoms with Crippen LogP contribution < -0.4 is 0 Å². The molecule has 0 aliphatic heterocycles. The third-order valence-electron chi connectivity index (χ3n) is 2.23. The normalized spacial score (nSPS) is 11.5. The number of carboxylic acids is 1. The summed E-state index contributed by atoms with van der Waals surface area (Å²) in [4.78, 5) is 23.1. The first-order chi connectivity index (χ1) is 7.64. The summed E-state index contributed by atoms with van der Waals surface area (Å²) in [6.07, 6.45) is 1.35. The number of rotatable bonds is 7. The van der Waals surface area contributed by atoms with Gasteiger partial charge in [-0.15, -0.1) is 0 Å². The number of likely N-dealkylation sites (N-methyl/N-ethyl adjacent to an activating group) is 2. The van der Waals surface area contributed by atoms with Gasteiger partial charge in [0.1, 0.15) is 0 Å². The first-order valence-electron chi connectivity index (χ1n) is 5.01. The van der Waals surface area contributed by atoms with Gasteiger partial charge in [0.15, 0.2) is 0 Å². The highest BCUT2D eigenvalue weighted by Gasteiger charge is 2.17. The standard InChI is InChI=1S/C9H18N2O5S/c1-10(6-4-5-9(13)14)8(12)7-11(2)17(3,15)16/h4-7H2,1-3H3,(H,13,14). The molecule has 8 heteroatoms. The van der Waals surface area contributed by atoms with Crippen molar-refractivity contribution in [2.75, 3.05) is 33.4 Å². The number of carbonyl (C=O) groups excluding carboxylic acids is 1. The summed E-state index contributed by atoms with van der Waals surface area (Å²) >= 11 is 0. The van der Waals surface area contributed by atoms with Crippen molar-refractivity contribution in [3.63, 3.8) is 0 Å². The molecule has 0 fully saturated rings. The number of hydrogen-bond donors (Lipinski definition) is 1. The molecule has 0 aliphatic carbocycles. The predicted molar refractivity (Wildman–Crippen MR) is 62.0 cm³/mol. The van der Waals surface area contributed by atoms with Gasteiger partial charge in [0.25, 0.3) is 0 Å². The van der Waals surface area contributed by atoms with Gasteiger partial charge in [0.2, 0.25) is 15.9 Å². The SMILES string of the molecule is CN(CCCC(=O)O)C(=O)CN(C)S(C)(=O)=O. The molecular weight excluding hydrogens is 248 g/mol. The number of amides is 1. The van der Waals surface area contributed by atoms with Crippen molar-refractivity contribution >= 4 is 21.9 Å². The molecule has 0 aromatic rings. The Morgan fingerprint density at radius 3 is 2.18 bits per heavy atom. The Balaban J connectivity index is 4.10. The highest BCUT2D eigenvalue weighted by molar-refractivity contribution is 7.88. The van der Waals surface area contributed by atoms with Crippen LogP contribution in [0.4, 0.5) is 0 Å². The molecule has 100 valence electrons. The van der Waals surface area contributed by atoms with E-state index in [2.05, 4.69) is 0 Å². The molecule has 17 heavy (non-hydrogen) atoms. The van der Waals surface area contributed by atoms with Gasteiger partial charge in [-0.1, -0.05) is 0 Å². The maximum atomic E-state index is 11.5. The molecule has 0 spiro atoms. The van der Waals surface area contributed by atoms with Crippen molar-refractivity contribution in [1.29, 1.82) is 0 Å². The van der Waals surface area contributed by atoms with Gasteiger partial charge in [-0.25, -0.2) is 8.42 Å². The molecule has 0 unspecified atom stereocenters. The second kappa shape index (κ2) is 6.55. The van der Waals surface area contributed by atoms with Crippen LogP contribution in [0.3, 0.4) is 0 Å². The largest absolute Gasteiger partial charge is 0.481 e. The van der Waals surface area contributed by atoms with Crippen molar-refractivity contribution in [3.8, 4) is 0 Å². The summed E-state index contributed by atoms with van der Waals surface area (Å²) in [5.74, 6) is -1.28. The fourth-order valence-corrected chi connectivity index (χ4v) is 1.37. The zero-order valence-corrected chi connectivity index (χ0v) is 11.0. The third kappa shape index (κ3) is 6.90. The molecule has 0 saturated carbocycles. The summed E-state index contributed by atoms with van der Waals surface area (Å²) in [5, 5.41) is 8.43. The van der Waals surface area contributed by atoms with E-state index in [0.717, 1.165) is 10.6 Å². The summed E-state index contributed by atoms with van der Waals surface area (Å²) in [7, 11) is -0.542. The maximum Gasteiger partial charge on any atom is 0.303 e. The zero-order chi connectivity index (χ0) is 13.6. The van der Waals surface area contributed by atoms with E-state index in [1.165, 1.54) is 19.0 Å². The van der Waals surface area contributed by atoms with Crippen LogP contribution in [0.2, 0.25) is 0 Å². The average molecular weight is 266 g/mol. The molecule has 0 aliphatic rings. The first kappa shape index (κ1) is 15.9. The van der Waals surface area contributed by atoms with Crippen LogP contribution in [-0.4, -0.2) is 68.0 Å². The van der Waals surface area contributed by atoms with Crippen molar-refractivity contribution in [3.05, 3.63) is 0 Å². The number of sulfonamides is 1. The Morgan fingerprint density at radius 1 is 1.24 bits per heavy atom. The summed E-state index contributed by atoms with van der Waals surface area (Å²) < 4.78 is 23.1. The molecule has 1 amide bonds. The Labute approximate surface area is 101 Å². The lowest BCUT2D eigenvalue weighted by molar-refractivity contribution is -0.138. The molecule has 1 N–H and O–H groups in total. The van der Waals surface area contributed by atoms with E-state index in [9.17, 15) is 18.0 Å². The fraction of sp³-hybridized carbons (Fsp3) is 0.778. The van der Waals surface area contributed by atoms with E-state index >= 15 is 0 Å². The number of carboxylic acid groups (broad SMARTS) is 1. The zero-order valence-electron chi connectivity index (χ0n) is 10.2. The highest BCUT2D eigenvalue weighted by atomic mass is 32.2. The molecule has 0 saturated heterocycles. The van der Waals surface area contributed by atoms with Gasteiger partial charge in [-0.3, -0.25) is 9.59 Å². The number of hydrogen-bond acceptors (Lipinski definition) is 4. The van der Waals surface area contributed by atoms with E-state index in [4.69, 9.17) is 5.11 Å². The Bertz CT molecular complexity index is 379. The second-order valence-electron chi connectivity index (χ2n) is 3.83. The van der Waals surface area contributed by atoms with Crippen LogP contribution in [0, 0.1) is 0 Å². The van der Waals surface area contributed by atoms with Gasteiger partial charge in [0, 0.05) is 27.1 Å². The van der Waals surface area contributed by atoms with Gasteiger partial charge >= 0.3 is 5.97 Å². The monoisotopic (exact) mass is 266 g/mol. The van der Waals surface area contributed by atoms with E-state index in [0.29, 0.717) is 13.0 Å². The third-order valence-corrected chi connectivity index (χ3v) is 3.50. The second-order valence-corrected chi connectivity index (χ2v) is 5.92. The molecular formula is C9H18N2O5S. The van der Waals surface area contributed by atoms with Crippen LogP contribution in [0.25, 0.3) is 0 Å². The number of carbonyl (C=O) groups is 2. The summed E-state index contributed by atoms with van der Waals surface area (Å²) in [5.41, 5.74) is 0. The van der Waals surface area contributed by atoms with Crippen LogP contribution in [-0.2, 0) is 19.6 Å². The fourth-order valence-electron chi connectivity index (χ4n) is 1.02. The number of nitrogens with zero attached hydrogens (tertiary/aromatic N) is 2. The first-order valence-corrected chi connectivity index (χ1v) is 6.86. The van der Waals surface area contributed by atoms with Crippen molar-refractivity contribution in [1.82, 2.24) is 9.21 Å². The van der Waals surface area contributed by atoms with Gasteiger partial charge in [-0.2, -0.15) is 4.31 Å². The van der Waals surface area contributed by atoms with Gasteiger partial charge < -0.3 is 10.0 Å². The molecule has 0 bridgehead atoms. The van der Waals surface area contributed by atoms with E-state index in [1.807, 2.05) is 0 Å². The average Bonchev–Trinajstić information content (AvgIpc) is 2.15. The van der Waals surface area contributed by atoms with E-state index in [1.54, 1.807) is 0 Å². The molecule has 0 atom stereocenters. The lowest BCUT2D eigenvalue weighted by atomic mass is 10.3. The van der Waals surface area contributed by atoms with Crippen LogP contribution in [0.15, 0.2) is 0 Å². The Morgan fingerprint density at radius 2 is 1.76 bits per heavy atom. The minimum atomic E-state index is -3.37. The summed E-state index contributed by atoms with van der Waals surface area (Å²) in [6, 6.07) is 0. The smallest absolute Gasteiger partial charge is 0.303 e. The Hall–Kier alpha value is -1.15. The quantitative estimate of drug-likeness (QED) is 0.651. The molecule has 0 radical (unpaired) electrons. The van der Waals surface area contributed by atoms with Gasteiger partial charge in [0.05, 0.1) is 12.8 Å². The van der Waals surface area contributed by atoms with E-state index < -0.39 is 16.0 Å². The summed E-state index contributed by atoms with van der Waals surface area (Å²) in [6.45, 7) is 0.0607. The number of aliphatic carboxylic acids is 1. The topological polar surface area (TPSA) is 95.0 Å². The molecule has 0 aromatic carbocycles. The minimum absolute atomic E-state index is 0.0143. The van der Waals surface area contributed by atoms with E-state index in [-0.39, 0.29) is 18.9 Å². The Kier molecular flexibility index (Phi) is 6.11. The maximum absolute atomic E-state index is 11.5. The van der Waals surface area contributed by atoms with Crippen molar-refractivity contribution in [2.45, 2.75) is 12.8 Å². The van der Waals surface area contributed by atoms with Crippen molar-refractivity contribution < 1.29 is 23.1 Å². The minimum Gasteiger partial charge on any atom is -0.481 e.